The van der Waals surface area contributed by atoms with Crippen molar-refractivity contribution >= 4 is 44.7 Å². The first-order chi connectivity index (χ1) is 28.8. The number of halogens is 3. The van der Waals surface area contributed by atoms with Gasteiger partial charge < -0.3 is 29.7 Å². The fraction of sp³-hybridized carbons (Fsp3) is 0.386. The quantitative estimate of drug-likeness (QED) is 0.140. The smallest absolute Gasteiger partial charge is 0.417 e. The maximum absolute atomic E-state index is 14.7. The Labute approximate surface area is 357 Å². The molecule has 0 spiro atoms. The van der Waals surface area contributed by atoms with Crippen LogP contribution in [0.1, 0.15) is 59.9 Å². The van der Waals surface area contributed by atoms with E-state index < -0.39 is 85.2 Å². The average molecular weight is 880 g/mol. The second-order valence-electron chi connectivity index (χ2n) is 17.3. The van der Waals surface area contributed by atoms with Crippen LogP contribution in [0.5, 0.6) is 11.5 Å². The van der Waals surface area contributed by atoms with E-state index in [0.29, 0.717) is 40.2 Å². The van der Waals surface area contributed by atoms with Crippen molar-refractivity contribution in [1.82, 2.24) is 25.2 Å². The molecule has 3 N–H and O–H groups in total. The molecular weight excluding hydrogens is 832 g/mol. The van der Waals surface area contributed by atoms with Crippen molar-refractivity contribution in [2.45, 2.75) is 94.8 Å². The number of amides is 4. The number of carbonyl (C=O) groups excluding carboxylic acids is 4. The van der Waals surface area contributed by atoms with Crippen molar-refractivity contribution < 1.29 is 55.0 Å². The summed E-state index contributed by atoms with van der Waals surface area (Å²) in [4.78, 5) is 60.8. The van der Waals surface area contributed by atoms with E-state index in [0.717, 1.165) is 17.7 Å². The van der Waals surface area contributed by atoms with Crippen LogP contribution >= 0.6 is 0 Å². The molecule has 62 heavy (non-hydrogen) atoms. The number of alkyl carbamates (subject to hydrolysis) is 1. The summed E-state index contributed by atoms with van der Waals surface area (Å²) in [7, 11) is -3.60. The fourth-order valence-corrected chi connectivity index (χ4v) is 8.41. The number of nitrogens with one attached hydrogen (secondary N) is 3. The summed E-state index contributed by atoms with van der Waals surface area (Å²) in [5, 5.41) is 5.79. The standard InChI is InChI=1S/C44H48F3N5O9S/c1-25-23-43(25,39(55)51-62(57,58)35-17-13-12-16-30(35)44(45,46)47)50-37(53)33-21-28(24-52(33)38(54)36(41(2,3)4)49-40(56)61-42(5,6)7)60-34-22-31(26-14-10-9-11-15-26)48-32-20-27(59-8)18-19-29(32)34/h9-20,22,28,33,36H,1,21,23-24H2,2-8H3,(H,49,56)(H,50,53)(H,51,55). The predicted octanol–water partition coefficient (Wildman–Crippen LogP) is 6.54. The molecule has 4 aromatic rings. The third-order valence-corrected chi connectivity index (χ3v) is 11.7. The van der Waals surface area contributed by atoms with E-state index in [-0.39, 0.29) is 25.0 Å². The first kappa shape index (κ1) is 45.4. The number of carbonyl (C=O) groups is 4. The highest BCUT2D eigenvalue weighted by molar-refractivity contribution is 7.90. The van der Waals surface area contributed by atoms with Crippen LogP contribution in [0.3, 0.4) is 0 Å². The molecule has 14 nitrogen and oxygen atoms in total. The van der Waals surface area contributed by atoms with E-state index in [1.54, 1.807) is 70.5 Å². The lowest BCUT2D eigenvalue weighted by Crippen LogP contribution is -2.60. The zero-order valence-electron chi connectivity index (χ0n) is 35.2. The number of benzene rings is 3. The Morgan fingerprint density at radius 3 is 2.18 bits per heavy atom. The number of alkyl halides is 3. The first-order valence-electron chi connectivity index (χ1n) is 19.6. The molecule has 18 heteroatoms. The molecule has 1 saturated carbocycles. The third kappa shape index (κ3) is 9.80. The van der Waals surface area contributed by atoms with Crippen LogP contribution in [0.15, 0.2) is 95.9 Å². The second-order valence-corrected chi connectivity index (χ2v) is 18.9. The van der Waals surface area contributed by atoms with Gasteiger partial charge in [0.1, 0.15) is 40.8 Å². The molecule has 2 fully saturated rings. The van der Waals surface area contributed by atoms with E-state index in [2.05, 4.69) is 17.2 Å². The second kappa shape index (κ2) is 16.6. The third-order valence-electron chi connectivity index (χ3n) is 10.4. The number of pyridine rings is 1. The number of nitrogens with zero attached hydrogens (tertiary/aromatic N) is 2. The van der Waals surface area contributed by atoms with Crippen LogP contribution < -0.4 is 24.8 Å². The van der Waals surface area contributed by atoms with Crippen molar-refractivity contribution in [3.8, 4) is 22.8 Å². The van der Waals surface area contributed by atoms with Crippen LogP contribution in [-0.4, -0.2) is 85.1 Å². The number of likely N-dealkylation sites (tertiary alicyclic amines) is 1. The van der Waals surface area contributed by atoms with Gasteiger partial charge in [0.15, 0.2) is 0 Å². The monoisotopic (exact) mass is 879 g/mol. The number of rotatable bonds is 11. The van der Waals surface area contributed by atoms with Crippen molar-refractivity contribution in [1.29, 1.82) is 0 Å². The van der Waals surface area contributed by atoms with E-state index in [9.17, 15) is 40.8 Å². The summed E-state index contributed by atoms with van der Waals surface area (Å²) in [5.41, 5.74) is -3.46. The lowest BCUT2D eigenvalue weighted by atomic mass is 9.85. The van der Waals surface area contributed by atoms with Crippen molar-refractivity contribution in [2.75, 3.05) is 13.7 Å². The van der Waals surface area contributed by atoms with Gasteiger partial charge in [-0.15, -0.1) is 0 Å². The minimum Gasteiger partial charge on any atom is -0.497 e. The predicted molar refractivity (Wildman–Crippen MR) is 222 cm³/mol. The lowest BCUT2D eigenvalue weighted by Gasteiger charge is -2.36. The first-order valence-corrected chi connectivity index (χ1v) is 21.1. The molecule has 4 unspecified atom stereocenters. The van der Waals surface area contributed by atoms with E-state index in [1.165, 1.54) is 12.0 Å². The molecule has 2 aliphatic rings. The maximum Gasteiger partial charge on any atom is 0.417 e. The van der Waals surface area contributed by atoms with Gasteiger partial charge in [0.25, 0.3) is 15.9 Å². The zero-order chi connectivity index (χ0) is 45.6. The van der Waals surface area contributed by atoms with Crippen LogP contribution in [0.25, 0.3) is 22.2 Å². The highest BCUT2D eigenvalue weighted by Gasteiger charge is 2.58. The van der Waals surface area contributed by atoms with E-state index in [1.807, 2.05) is 30.3 Å². The molecule has 2 heterocycles. The fourth-order valence-electron chi connectivity index (χ4n) is 7.15. The van der Waals surface area contributed by atoms with Gasteiger partial charge in [-0.25, -0.2) is 22.9 Å². The summed E-state index contributed by atoms with van der Waals surface area (Å²) >= 11 is 0. The molecule has 1 saturated heterocycles. The van der Waals surface area contributed by atoms with Gasteiger partial charge in [-0.05, 0) is 56.0 Å². The zero-order valence-corrected chi connectivity index (χ0v) is 36.0. The van der Waals surface area contributed by atoms with Gasteiger partial charge >= 0.3 is 12.3 Å². The van der Waals surface area contributed by atoms with Crippen LogP contribution in [-0.2, 0) is 35.3 Å². The summed E-state index contributed by atoms with van der Waals surface area (Å²) in [5.74, 6) is -2.04. The van der Waals surface area contributed by atoms with Gasteiger partial charge in [0.05, 0.1) is 35.3 Å². The highest BCUT2D eigenvalue weighted by Crippen LogP contribution is 2.43. The number of sulfonamides is 1. The number of aromatic nitrogens is 1. The Morgan fingerprint density at radius 1 is 0.935 bits per heavy atom. The summed E-state index contributed by atoms with van der Waals surface area (Å²) in [6, 6.07) is 17.0. The minimum absolute atomic E-state index is 0.0672. The molecule has 6 rings (SSSR count). The molecule has 330 valence electrons. The van der Waals surface area contributed by atoms with Crippen molar-refractivity contribution in [2.24, 2.45) is 5.41 Å². The largest absolute Gasteiger partial charge is 0.497 e. The molecule has 4 atom stereocenters. The SMILES string of the molecule is C=C1CC1(NC(=O)C1CC(Oc2cc(-c3ccccc3)nc3cc(OC)ccc23)CN1C(=O)C(NC(=O)OC(C)(C)C)C(C)(C)C)C(=O)NS(=O)(=O)c1ccccc1C(F)(F)F. The van der Waals surface area contributed by atoms with Gasteiger partial charge in [0.2, 0.25) is 11.8 Å². The van der Waals surface area contributed by atoms with Gasteiger partial charge in [-0.1, -0.05) is 69.8 Å². The Bertz CT molecular complexity index is 2540. The molecule has 1 aromatic heterocycles. The number of fused-ring (bicyclic) bond motifs is 1. The Balaban J connectivity index is 1.34. The average Bonchev–Trinajstić information content (AvgIpc) is 3.64. The van der Waals surface area contributed by atoms with Crippen LogP contribution in [0.2, 0.25) is 0 Å². The van der Waals surface area contributed by atoms with E-state index in [4.69, 9.17) is 19.2 Å². The number of methoxy groups -OCH3 is 1. The molecule has 1 aliphatic heterocycles. The minimum atomic E-state index is -5.12. The van der Waals surface area contributed by atoms with Crippen molar-refractivity contribution in [3.05, 3.63) is 96.6 Å². The molecule has 1 aliphatic carbocycles. The van der Waals surface area contributed by atoms with Gasteiger partial charge in [0, 0.05) is 35.9 Å². The maximum atomic E-state index is 14.7. The van der Waals surface area contributed by atoms with Crippen LogP contribution in [0, 0.1) is 5.41 Å². The van der Waals surface area contributed by atoms with Gasteiger partial charge in [-0.2, -0.15) is 13.2 Å². The summed E-state index contributed by atoms with van der Waals surface area (Å²) in [6.07, 6.45) is -7.23. The van der Waals surface area contributed by atoms with Gasteiger partial charge in [-0.3, -0.25) is 14.4 Å². The molecule has 0 bridgehead atoms. The van der Waals surface area contributed by atoms with E-state index >= 15 is 0 Å². The molecule has 0 radical (unpaired) electrons. The number of hydrogen-bond donors (Lipinski definition) is 3. The Morgan fingerprint density at radius 2 is 1.58 bits per heavy atom. The Hall–Kier alpha value is -6.17. The number of ether oxygens (including phenoxy) is 3. The lowest BCUT2D eigenvalue weighted by molar-refractivity contribution is -0.142. The highest BCUT2D eigenvalue weighted by atomic mass is 32.2. The Kier molecular flexibility index (Phi) is 12.1. The molecular formula is C44H48F3N5O9S. The normalized spacial score (nSPS) is 19.6. The molecule has 3 aromatic carbocycles. The van der Waals surface area contributed by atoms with Crippen LogP contribution in [0.4, 0.5) is 18.0 Å². The molecule has 4 amide bonds. The number of hydrogen-bond acceptors (Lipinski definition) is 10. The summed E-state index contributed by atoms with van der Waals surface area (Å²) in [6.45, 7) is 13.7. The topological polar surface area (TPSA) is 182 Å². The summed E-state index contributed by atoms with van der Waals surface area (Å²) < 4.78 is 87.1. The van der Waals surface area contributed by atoms with Crippen molar-refractivity contribution in [3.63, 3.8) is 0 Å².